The normalized spacial score (nSPS) is 11.4. The van der Waals surface area contributed by atoms with E-state index in [0.29, 0.717) is 6.54 Å². The van der Waals surface area contributed by atoms with Gasteiger partial charge in [0.25, 0.3) is 5.91 Å². The molecule has 2 N–H and O–H groups in total. The number of carbonyl (C=O) groups excluding carboxylic acids is 3. The molecule has 27 heavy (non-hydrogen) atoms. The van der Waals surface area contributed by atoms with E-state index in [1.807, 2.05) is 0 Å². The minimum absolute atomic E-state index is 0.173. The Kier molecular flexibility index (Phi) is 6.59. The van der Waals surface area contributed by atoms with E-state index in [-0.39, 0.29) is 17.2 Å². The fourth-order valence-electron chi connectivity index (χ4n) is 2.09. The van der Waals surface area contributed by atoms with E-state index in [1.54, 1.807) is 12.1 Å². The number of ether oxygens (including phenoxy) is 1. The monoisotopic (exact) mass is 376 g/mol. The molecule has 0 aliphatic carbocycles. The topological polar surface area (TPSA) is 84.5 Å². The number of hydrogen-bond acceptors (Lipinski definition) is 4. The molecule has 0 aliphatic heterocycles. The predicted octanol–water partition coefficient (Wildman–Crippen LogP) is 2.78. The van der Waals surface area contributed by atoms with Crippen molar-refractivity contribution in [1.82, 2.24) is 5.32 Å². The molecule has 2 amide bonds. The summed E-state index contributed by atoms with van der Waals surface area (Å²) in [4.78, 5) is 35.0. The van der Waals surface area contributed by atoms with Gasteiger partial charge in [-0.2, -0.15) is 0 Å². The van der Waals surface area contributed by atoms with Crippen molar-refractivity contribution in [2.45, 2.75) is 26.5 Å². The number of carbonyl (C=O) groups is 3. The quantitative estimate of drug-likeness (QED) is 0.760. The van der Waals surface area contributed by atoms with Gasteiger partial charge in [0.1, 0.15) is 11.6 Å². The summed E-state index contributed by atoms with van der Waals surface area (Å²) < 4.78 is 31.7. The van der Waals surface area contributed by atoms with Crippen molar-refractivity contribution in [2.75, 3.05) is 5.32 Å². The third kappa shape index (κ3) is 5.88. The van der Waals surface area contributed by atoms with Crippen LogP contribution in [0.1, 0.15) is 29.8 Å². The lowest BCUT2D eigenvalue weighted by atomic mass is 10.1. The third-order valence-electron chi connectivity index (χ3n) is 3.57. The molecule has 1 unspecified atom stereocenters. The second-order valence-corrected chi connectivity index (χ2v) is 5.77. The molecule has 8 heteroatoms. The lowest BCUT2D eigenvalue weighted by Crippen LogP contribution is -2.30. The fourth-order valence-corrected chi connectivity index (χ4v) is 2.09. The van der Waals surface area contributed by atoms with Crippen molar-refractivity contribution in [1.29, 1.82) is 0 Å². The molecule has 0 fully saturated rings. The van der Waals surface area contributed by atoms with E-state index < -0.39 is 29.6 Å². The van der Waals surface area contributed by atoms with E-state index in [2.05, 4.69) is 10.6 Å². The maximum Gasteiger partial charge on any atom is 0.338 e. The largest absolute Gasteiger partial charge is 0.449 e. The summed E-state index contributed by atoms with van der Waals surface area (Å²) >= 11 is 0. The first-order valence-electron chi connectivity index (χ1n) is 8.06. The fraction of sp³-hybridized carbons (Fsp3) is 0.211. The molecule has 2 rings (SSSR count). The number of anilines is 1. The van der Waals surface area contributed by atoms with Crippen molar-refractivity contribution in [3.8, 4) is 0 Å². The van der Waals surface area contributed by atoms with E-state index in [9.17, 15) is 23.2 Å². The first-order valence-corrected chi connectivity index (χ1v) is 8.06. The van der Waals surface area contributed by atoms with Gasteiger partial charge >= 0.3 is 5.97 Å². The zero-order chi connectivity index (χ0) is 20.0. The van der Waals surface area contributed by atoms with Gasteiger partial charge in [-0.3, -0.25) is 9.59 Å². The lowest BCUT2D eigenvalue weighted by Gasteiger charge is -2.14. The molecule has 0 saturated carbocycles. The SMILES string of the molecule is CC(=O)NCc1ccc(C(=O)OC(C)C(=O)Nc2cc(F)ccc2F)cc1. The van der Waals surface area contributed by atoms with Gasteiger partial charge in [-0.15, -0.1) is 0 Å². The van der Waals surface area contributed by atoms with Crippen molar-refractivity contribution >= 4 is 23.5 Å². The van der Waals surface area contributed by atoms with E-state index in [0.717, 1.165) is 23.8 Å². The summed E-state index contributed by atoms with van der Waals surface area (Å²) in [5, 5.41) is 4.80. The van der Waals surface area contributed by atoms with Crippen molar-refractivity contribution in [3.63, 3.8) is 0 Å². The van der Waals surface area contributed by atoms with E-state index in [1.165, 1.54) is 26.0 Å². The average Bonchev–Trinajstić information content (AvgIpc) is 2.63. The molecule has 6 nitrogen and oxygen atoms in total. The van der Waals surface area contributed by atoms with Crippen molar-refractivity contribution in [2.24, 2.45) is 0 Å². The maximum absolute atomic E-state index is 13.6. The van der Waals surface area contributed by atoms with Crippen LogP contribution in [-0.4, -0.2) is 23.9 Å². The highest BCUT2D eigenvalue weighted by Crippen LogP contribution is 2.16. The highest BCUT2D eigenvalue weighted by Gasteiger charge is 2.20. The number of benzene rings is 2. The molecule has 2 aromatic carbocycles. The molecule has 0 aromatic heterocycles. The number of nitrogens with one attached hydrogen (secondary N) is 2. The summed E-state index contributed by atoms with van der Waals surface area (Å²) in [6, 6.07) is 8.90. The van der Waals surface area contributed by atoms with Gasteiger partial charge in [0.2, 0.25) is 5.91 Å². The van der Waals surface area contributed by atoms with Crippen LogP contribution < -0.4 is 10.6 Å². The summed E-state index contributed by atoms with van der Waals surface area (Å²) in [5.74, 6) is -3.24. The maximum atomic E-state index is 13.6. The van der Waals surface area contributed by atoms with Crippen LogP contribution in [0, 0.1) is 11.6 Å². The van der Waals surface area contributed by atoms with Crippen molar-refractivity contribution < 1.29 is 27.9 Å². The van der Waals surface area contributed by atoms with Crippen LogP contribution in [0.5, 0.6) is 0 Å². The molecular weight excluding hydrogens is 358 g/mol. The Morgan fingerprint density at radius 1 is 1.07 bits per heavy atom. The zero-order valence-electron chi connectivity index (χ0n) is 14.7. The lowest BCUT2D eigenvalue weighted by molar-refractivity contribution is -0.123. The Bertz CT molecular complexity index is 853. The first kappa shape index (κ1) is 20.0. The summed E-state index contributed by atoms with van der Waals surface area (Å²) in [6.07, 6.45) is -1.22. The van der Waals surface area contributed by atoms with Crippen LogP contribution in [-0.2, 0) is 20.9 Å². The van der Waals surface area contributed by atoms with Gasteiger partial charge in [-0.25, -0.2) is 13.6 Å². The molecule has 2 aromatic rings. The standard InChI is InChI=1S/C19H18F2N2O4/c1-11(18(25)23-17-9-15(20)7-8-16(17)21)27-19(26)14-5-3-13(4-6-14)10-22-12(2)24/h3-9,11H,10H2,1-2H3,(H,22,24)(H,23,25). The Balaban J connectivity index is 1.95. The van der Waals surface area contributed by atoms with Gasteiger partial charge in [0, 0.05) is 19.5 Å². The van der Waals surface area contributed by atoms with Gasteiger partial charge in [-0.05, 0) is 36.8 Å². The summed E-state index contributed by atoms with van der Waals surface area (Å²) in [6.45, 7) is 3.03. The highest BCUT2D eigenvalue weighted by atomic mass is 19.1. The molecule has 0 bridgehead atoms. The van der Waals surface area contributed by atoms with Crippen LogP contribution in [0.15, 0.2) is 42.5 Å². The Morgan fingerprint density at radius 2 is 1.74 bits per heavy atom. The zero-order valence-corrected chi connectivity index (χ0v) is 14.7. The highest BCUT2D eigenvalue weighted by molar-refractivity contribution is 5.97. The number of hydrogen-bond donors (Lipinski definition) is 2. The van der Waals surface area contributed by atoms with Crippen LogP contribution in [0.3, 0.4) is 0 Å². The Hall–Kier alpha value is -3.29. The molecule has 0 saturated heterocycles. The molecule has 0 spiro atoms. The smallest absolute Gasteiger partial charge is 0.338 e. The molecule has 0 heterocycles. The Morgan fingerprint density at radius 3 is 2.37 bits per heavy atom. The van der Waals surface area contributed by atoms with Gasteiger partial charge in [0.05, 0.1) is 11.3 Å². The van der Waals surface area contributed by atoms with Gasteiger partial charge in [-0.1, -0.05) is 12.1 Å². The molecule has 0 aliphatic rings. The first-order chi connectivity index (χ1) is 12.8. The number of halogens is 2. The Labute approximate surface area is 154 Å². The average molecular weight is 376 g/mol. The summed E-state index contributed by atoms with van der Waals surface area (Å²) in [7, 11) is 0. The number of esters is 1. The minimum atomic E-state index is -1.22. The van der Waals surface area contributed by atoms with Crippen LogP contribution in [0.25, 0.3) is 0 Å². The molecule has 0 radical (unpaired) electrons. The third-order valence-corrected chi connectivity index (χ3v) is 3.57. The number of rotatable bonds is 6. The van der Waals surface area contributed by atoms with Gasteiger partial charge in [0.15, 0.2) is 6.10 Å². The second-order valence-electron chi connectivity index (χ2n) is 5.77. The summed E-state index contributed by atoms with van der Waals surface area (Å²) in [5.41, 5.74) is 0.650. The number of amides is 2. The van der Waals surface area contributed by atoms with Gasteiger partial charge < -0.3 is 15.4 Å². The molecule has 1 atom stereocenters. The van der Waals surface area contributed by atoms with E-state index >= 15 is 0 Å². The van der Waals surface area contributed by atoms with E-state index in [4.69, 9.17) is 4.74 Å². The predicted molar refractivity (Wildman–Crippen MR) is 93.8 cm³/mol. The molecular formula is C19H18F2N2O4. The van der Waals surface area contributed by atoms with Crippen molar-refractivity contribution in [3.05, 3.63) is 65.2 Å². The van der Waals surface area contributed by atoms with Crippen LogP contribution in [0.4, 0.5) is 14.5 Å². The van der Waals surface area contributed by atoms with Crippen LogP contribution >= 0.6 is 0 Å². The second kappa shape index (κ2) is 8.88. The van der Waals surface area contributed by atoms with Crippen LogP contribution in [0.2, 0.25) is 0 Å². The minimum Gasteiger partial charge on any atom is -0.449 e. The molecule has 142 valence electrons.